The van der Waals surface area contributed by atoms with E-state index < -0.39 is 0 Å². The molecule has 0 amide bonds. The smallest absolute Gasteiger partial charge is 0.170 e. The fourth-order valence-corrected chi connectivity index (χ4v) is 12.7. The van der Waals surface area contributed by atoms with Gasteiger partial charge < -0.3 is 28.4 Å². The number of hydrogen-bond acceptors (Lipinski definition) is 12. The second-order valence-corrected chi connectivity index (χ2v) is 30.8. The molecule has 0 heterocycles. The third-order valence-corrected chi connectivity index (χ3v) is 22.4. The van der Waals surface area contributed by atoms with Gasteiger partial charge in [-0.05, 0) is 167 Å². The van der Waals surface area contributed by atoms with Gasteiger partial charge in [0, 0.05) is 213 Å². The fourth-order valence-electron chi connectivity index (χ4n) is 12.7. The summed E-state index contributed by atoms with van der Waals surface area (Å²) in [6.45, 7) is 55.3. The molecule has 6 atom stereocenters. The van der Waals surface area contributed by atoms with Gasteiger partial charge >= 0.3 is 0 Å². The fraction of sp³-hybridized carbons (Fsp3) is 0.842. The van der Waals surface area contributed by atoms with Crippen molar-refractivity contribution in [2.75, 3.05) is 0 Å². The van der Waals surface area contributed by atoms with E-state index in [0.717, 1.165) is 145 Å². The van der Waals surface area contributed by atoms with Crippen LogP contribution in [0.5, 0.6) is 0 Å². The van der Waals surface area contributed by atoms with Crippen LogP contribution in [0.3, 0.4) is 0 Å². The average molecular weight is 1770 g/mol. The molecule has 6 aliphatic carbocycles. The van der Waals surface area contributed by atoms with Crippen LogP contribution in [-0.2, 0) is 253 Å². The molecule has 0 saturated heterocycles. The summed E-state index contributed by atoms with van der Waals surface area (Å²) < 4.78 is 33.8. The Bertz CT molecular complexity index is 2120. The van der Waals surface area contributed by atoms with Gasteiger partial charge in [-0.3, -0.25) is 64.3 Å². The van der Waals surface area contributed by atoms with E-state index in [1.165, 1.54) is 44.9 Å². The van der Waals surface area contributed by atoms with Crippen LogP contribution in [0.15, 0.2) is 0 Å². The van der Waals surface area contributed by atoms with Crippen molar-refractivity contribution >= 4 is 35.8 Å². The number of ether oxygens (including phenoxy) is 6. The molecule has 0 N–H and O–H groups in total. The molecule has 18 heteroatoms. The van der Waals surface area contributed by atoms with Gasteiger partial charge in [0.15, 0.2) is 35.8 Å². The zero-order chi connectivity index (χ0) is 68.0. The van der Waals surface area contributed by atoms with Crippen molar-refractivity contribution in [3.8, 4) is 0 Å². The molecule has 6 fully saturated rings. The maximum Gasteiger partial charge on any atom is 0.170 e. The molecule has 6 aliphatic rings. The van der Waals surface area contributed by atoms with Crippen molar-refractivity contribution in [3.05, 3.63) is 35.5 Å². The first-order valence-corrected chi connectivity index (χ1v) is 34.8. The Balaban J connectivity index is -0.000000244. The van der Waals surface area contributed by atoms with E-state index in [-0.39, 0.29) is 282 Å². The Morgan fingerprint density at radius 2 is 0.638 bits per heavy atom. The van der Waals surface area contributed by atoms with Gasteiger partial charge in [0.25, 0.3) is 0 Å². The number of carbonyl (C=O) groups is 6. The first-order valence-electron chi connectivity index (χ1n) is 34.8. The van der Waals surface area contributed by atoms with Gasteiger partial charge in [-0.2, -0.15) is 80.1 Å². The van der Waals surface area contributed by atoms with Crippen molar-refractivity contribution in [1.29, 1.82) is 0 Å². The van der Waals surface area contributed by atoms with Crippen molar-refractivity contribution in [2.45, 2.75) is 375 Å². The Labute approximate surface area is 729 Å². The van der Waals surface area contributed by atoms with Crippen LogP contribution in [0.25, 0.3) is 0 Å². The third kappa shape index (κ3) is 33.8. The summed E-state index contributed by atoms with van der Waals surface area (Å²) in [4.78, 5) is 70.2. The SMILES string of the molecule is CC[C-](C)C(=O)OC1(C)C(C)CCC1(C)C.CC[C-](C)C(=O)OC1(C)C(C)CCC1C.CC[C-](C)C(=O)OC1(C)CCCC1.CC[C-](C)C(=O)OC1(C)CCCC1C.CC[C-](C)C(=O)OC1(C)CCCCC1.CC[C-](C)C(=O)OC1C(C)(C)CCC1(C)C.[Y].[Y].[Y].[Y].[Y].[Y]. The van der Waals surface area contributed by atoms with Gasteiger partial charge in [-0.15, -0.1) is 0 Å². The van der Waals surface area contributed by atoms with E-state index in [4.69, 9.17) is 28.4 Å². The molecule has 6 radical (unpaired) electrons. The summed E-state index contributed by atoms with van der Waals surface area (Å²) in [6, 6.07) is 0. The van der Waals surface area contributed by atoms with Gasteiger partial charge in [0.1, 0.15) is 34.1 Å². The minimum Gasteiger partial charge on any atom is -0.484 e. The predicted octanol–water partition coefficient (Wildman–Crippen LogP) is 20.1. The van der Waals surface area contributed by atoms with Crippen molar-refractivity contribution in [3.63, 3.8) is 0 Å². The summed E-state index contributed by atoms with van der Waals surface area (Å²) in [6.07, 6.45) is 25.1. The van der Waals surface area contributed by atoms with Crippen LogP contribution < -0.4 is 0 Å². The van der Waals surface area contributed by atoms with Gasteiger partial charge in [-0.25, -0.2) is 0 Å². The zero-order valence-corrected chi connectivity index (χ0v) is 82.3. The molecular weight excluding hydrogens is 1640 g/mol. The Hall–Kier alpha value is 2.66. The minimum absolute atomic E-state index is 0. The van der Waals surface area contributed by atoms with Gasteiger partial charge in [0.2, 0.25) is 0 Å². The summed E-state index contributed by atoms with van der Waals surface area (Å²) in [5.74, 6) is 6.16. The summed E-state index contributed by atoms with van der Waals surface area (Å²) in [7, 11) is 0. The van der Waals surface area contributed by atoms with Crippen molar-refractivity contribution in [1.82, 2.24) is 0 Å². The van der Waals surface area contributed by atoms with E-state index in [9.17, 15) is 28.8 Å². The molecule has 0 bridgehead atoms. The topological polar surface area (TPSA) is 158 Å². The van der Waals surface area contributed by atoms with Crippen LogP contribution in [0, 0.1) is 75.4 Å². The average Bonchev–Trinajstić information content (AvgIpc) is 1.61. The molecule has 6 saturated carbocycles. The maximum absolute atomic E-state index is 11.9. The van der Waals surface area contributed by atoms with E-state index >= 15 is 0 Å². The largest absolute Gasteiger partial charge is 0.484 e. The second-order valence-electron chi connectivity index (χ2n) is 30.8. The molecular formula is C76H134O12Y6-6. The quantitative estimate of drug-likeness (QED) is 0.0728. The van der Waals surface area contributed by atoms with Crippen LogP contribution in [0.1, 0.15) is 341 Å². The summed E-state index contributed by atoms with van der Waals surface area (Å²) in [5.41, 5.74) is -0.864. The first kappa shape index (κ1) is 108. The minimum atomic E-state index is -0.319. The van der Waals surface area contributed by atoms with Crippen LogP contribution in [-0.4, -0.2) is 69.9 Å². The Morgan fingerprint density at radius 1 is 0.330 bits per heavy atom. The molecule has 94 heavy (non-hydrogen) atoms. The van der Waals surface area contributed by atoms with E-state index in [2.05, 4.69) is 96.9 Å². The summed E-state index contributed by atoms with van der Waals surface area (Å²) in [5, 5.41) is 0. The molecule has 0 aliphatic heterocycles. The zero-order valence-electron chi connectivity index (χ0n) is 65.2. The van der Waals surface area contributed by atoms with E-state index in [1.54, 1.807) is 0 Å². The maximum atomic E-state index is 11.9. The van der Waals surface area contributed by atoms with Crippen LogP contribution in [0.4, 0.5) is 0 Å². The van der Waals surface area contributed by atoms with Crippen molar-refractivity contribution < 1.29 is 253 Å². The number of esters is 6. The number of hydrogen-bond donors (Lipinski definition) is 0. The van der Waals surface area contributed by atoms with Crippen molar-refractivity contribution in [2.24, 2.45) is 39.9 Å². The Morgan fingerprint density at radius 3 is 0.947 bits per heavy atom. The molecule has 0 aromatic heterocycles. The number of carbonyl (C=O) groups excluding carboxylic acids is 6. The normalized spacial score (nSPS) is 25.6. The first-order chi connectivity index (χ1) is 40.5. The Kier molecular flexibility index (Phi) is 56.6. The molecule has 534 valence electrons. The van der Waals surface area contributed by atoms with Crippen LogP contribution >= 0.6 is 0 Å². The predicted molar refractivity (Wildman–Crippen MR) is 359 cm³/mol. The molecule has 0 spiro atoms. The third-order valence-electron chi connectivity index (χ3n) is 22.4. The molecule has 6 rings (SSSR count). The number of rotatable bonds is 18. The van der Waals surface area contributed by atoms with Crippen LogP contribution in [0.2, 0.25) is 0 Å². The standard InChI is InChI=1S/2C14H25O2.C13H23O2.2C12H21O2.C11H19O2.6Y/c1-7-10(2)11(15)16-12-13(3,4)8-9-14(12,5)6;1-7-10(2)12(15)16-14(6)11(3)8-9-13(14,4)5;1-6-9(2)12(14)15-13(5)10(3)7-8-11(13)4;1-5-9(2)11(13)14-12(4)8-6-7-10(12)3;1-4-10(2)11(13)14-12(3)8-6-5-7-9-12;1-4-9(2)10(12)13-11(3)7-5-6-8-11;;;;;;/h12H,7-9H2,1-6H3;11H,7-9H2,1-6H3;10-11H,6-8H2,1-5H3;10H,5-8H2,1-4H3;4-9H2,1-3H3;4-8H2,1-3H3;;;;;;/q6*-1;;;;;;. The molecule has 0 aromatic rings. The monoisotopic (exact) mass is 1770 g/mol. The molecule has 0 aromatic carbocycles. The second kappa shape index (κ2) is 49.5. The molecule has 12 nitrogen and oxygen atoms in total. The van der Waals surface area contributed by atoms with Gasteiger partial charge in [0.05, 0.1) is 0 Å². The summed E-state index contributed by atoms with van der Waals surface area (Å²) >= 11 is 0. The van der Waals surface area contributed by atoms with Gasteiger partial charge in [-0.1, -0.05) is 117 Å². The van der Waals surface area contributed by atoms with E-state index in [1.807, 2.05) is 90.0 Å². The van der Waals surface area contributed by atoms with E-state index in [0.29, 0.717) is 23.7 Å². The molecule has 6 unspecified atom stereocenters.